The van der Waals surface area contributed by atoms with Gasteiger partial charge in [0.05, 0.1) is 12.7 Å². The van der Waals surface area contributed by atoms with Crippen LogP contribution in [0.5, 0.6) is 0 Å². The summed E-state index contributed by atoms with van der Waals surface area (Å²) in [5.41, 5.74) is 2.92. The molecule has 1 aromatic rings. The van der Waals surface area contributed by atoms with Gasteiger partial charge in [-0.1, -0.05) is 26.0 Å². The Hall–Kier alpha value is -1.31. The molecule has 0 fully saturated rings. The molecule has 0 aliphatic heterocycles. The van der Waals surface area contributed by atoms with E-state index in [-0.39, 0.29) is 5.97 Å². The van der Waals surface area contributed by atoms with E-state index in [1.165, 1.54) is 12.7 Å². The van der Waals surface area contributed by atoms with Crippen LogP contribution in [-0.2, 0) is 4.74 Å². The summed E-state index contributed by atoms with van der Waals surface area (Å²) >= 11 is 0. The fourth-order valence-corrected chi connectivity index (χ4v) is 1.57. The van der Waals surface area contributed by atoms with Gasteiger partial charge < -0.3 is 4.74 Å². The Balaban J connectivity index is 3.03. The first-order valence-electron chi connectivity index (χ1n) is 5.29. The maximum absolute atomic E-state index is 11.4. The molecule has 0 aliphatic rings. The van der Waals surface area contributed by atoms with Crippen LogP contribution >= 0.6 is 0 Å². The van der Waals surface area contributed by atoms with Crippen molar-refractivity contribution >= 4 is 5.97 Å². The number of carbonyl (C=O) groups excluding carboxylic acids is 1. The summed E-state index contributed by atoms with van der Waals surface area (Å²) in [6, 6.07) is 5.93. The number of aryl methyl sites for hydroxylation is 1. The SMILES string of the molecule is CC[C@@H](C)c1ccc(C(=O)OC)c(C)c1. The summed E-state index contributed by atoms with van der Waals surface area (Å²) in [5, 5.41) is 0. The van der Waals surface area contributed by atoms with E-state index in [0.29, 0.717) is 11.5 Å². The first-order valence-corrected chi connectivity index (χ1v) is 5.29. The summed E-state index contributed by atoms with van der Waals surface area (Å²) in [6.07, 6.45) is 1.11. The number of ether oxygens (including phenoxy) is 1. The Kier molecular flexibility index (Phi) is 3.89. The van der Waals surface area contributed by atoms with Gasteiger partial charge in [0.25, 0.3) is 0 Å². The molecule has 0 bridgehead atoms. The molecule has 0 heterocycles. The van der Waals surface area contributed by atoms with Crippen LogP contribution in [0, 0.1) is 6.92 Å². The van der Waals surface area contributed by atoms with Gasteiger partial charge in [0, 0.05) is 0 Å². The van der Waals surface area contributed by atoms with Gasteiger partial charge in [0.1, 0.15) is 0 Å². The zero-order valence-corrected chi connectivity index (χ0v) is 9.83. The molecule has 0 aliphatic carbocycles. The minimum absolute atomic E-state index is 0.261. The van der Waals surface area contributed by atoms with E-state index >= 15 is 0 Å². The minimum atomic E-state index is -0.261. The molecule has 0 saturated carbocycles. The lowest BCUT2D eigenvalue weighted by atomic mass is 9.95. The van der Waals surface area contributed by atoms with Crippen LogP contribution in [0.1, 0.15) is 47.7 Å². The Morgan fingerprint density at radius 3 is 2.60 bits per heavy atom. The van der Waals surface area contributed by atoms with E-state index in [0.717, 1.165) is 12.0 Å². The van der Waals surface area contributed by atoms with Crippen LogP contribution < -0.4 is 0 Å². The average molecular weight is 206 g/mol. The van der Waals surface area contributed by atoms with Gasteiger partial charge in [0.15, 0.2) is 0 Å². The Labute approximate surface area is 91.3 Å². The molecule has 2 heteroatoms. The molecular weight excluding hydrogens is 188 g/mol. The number of benzene rings is 1. The van der Waals surface area contributed by atoms with E-state index in [1.807, 2.05) is 19.1 Å². The molecule has 0 radical (unpaired) electrons. The van der Waals surface area contributed by atoms with Gasteiger partial charge in [-0.25, -0.2) is 4.79 Å². The smallest absolute Gasteiger partial charge is 0.338 e. The molecule has 1 rings (SSSR count). The standard InChI is InChI=1S/C13H18O2/c1-5-9(2)11-6-7-12(10(3)8-11)13(14)15-4/h6-9H,5H2,1-4H3/t9-/m1/s1. The van der Waals surface area contributed by atoms with Crippen molar-refractivity contribution in [3.8, 4) is 0 Å². The lowest BCUT2D eigenvalue weighted by molar-refractivity contribution is 0.0600. The quantitative estimate of drug-likeness (QED) is 0.709. The monoisotopic (exact) mass is 206 g/mol. The first-order chi connectivity index (χ1) is 7.10. The second kappa shape index (κ2) is 4.96. The zero-order chi connectivity index (χ0) is 11.4. The highest BCUT2D eigenvalue weighted by Crippen LogP contribution is 2.21. The van der Waals surface area contributed by atoms with Gasteiger partial charge in [-0.05, 0) is 36.5 Å². The number of carbonyl (C=O) groups is 1. The third kappa shape index (κ3) is 2.58. The predicted octanol–water partition coefficient (Wildman–Crippen LogP) is 3.30. The number of methoxy groups -OCH3 is 1. The van der Waals surface area contributed by atoms with Crippen molar-refractivity contribution in [1.29, 1.82) is 0 Å². The highest BCUT2D eigenvalue weighted by atomic mass is 16.5. The van der Waals surface area contributed by atoms with Crippen LogP contribution in [-0.4, -0.2) is 13.1 Å². The van der Waals surface area contributed by atoms with Crippen LogP contribution in [0.3, 0.4) is 0 Å². The van der Waals surface area contributed by atoms with E-state index in [2.05, 4.69) is 19.9 Å². The Morgan fingerprint density at radius 2 is 2.13 bits per heavy atom. The molecule has 1 aromatic carbocycles. The molecular formula is C13H18O2. The molecule has 1 atom stereocenters. The van der Waals surface area contributed by atoms with Crippen LogP contribution in [0.2, 0.25) is 0 Å². The van der Waals surface area contributed by atoms with Gasteiger partial charge in [-0.2, -0.15) is 0 Å². The molecule has 0 saturated heterocycles. The highest BCUT2D eigenvalue weighted by Gasteiger charge is 2.10. The van der Waals surface area contributed by atoms with Crippen molar-refractivity contribution in [2.75, 3.05) is 7.11 Å². The maximum atomic E-state index is 11.4. The summed E-state index contributed by atoms with van der Waals surface area (Å²) < 4.78 is 4.70. The van der Waals surface area contributed by atoms with Crippen molar-refractivity contribution < 1.29 is 9.53 Å². The van der Waals surface area contributed by atoms with Crippen molar-refractivity contribution in [2.45, 2.75) is 33.1 Å². The van der Waals surface area contributed by atoms with Crippen molar-refractivity contribution in [3.63, 3.8) is 0 Å². The average Bonchev–Trinajstić information content (AvgIpc) is 2.26. The number of esters is 1. The second-order valence-corrected chi connectivity index (χ2v) is 3.88. The molecule has 0 amide bonds. The molecule has 15 heavy (non-hydrogen) atoms. The van der Waals surface area contributed by atoms with E-state index in [4.69, 9.17) is 4.74 Å². The third-order valence-electron chi connectivity index (χ3n) is 2.84. The molecule has 2 nitrogen and oxygen atoms in total. The fraction of sp³-hybridized carbons (Fsp3) is 0.462. The predicted molar refractivity (Wildman–Crippen MR) is 61.2 cm³/mol. The second-order valence-electron chi connectivity index (χ2n) is 3.88. The summed E-state index contributed by atoms with van der Waals surface area (Å²) in [5.74, 6) is 0.276. The zero-order valence-electron chi connectivity index (χ0n) is 9.83. The van der Waals surface area contributed by atoms with Crippen LogP contribution in [0.25, 0.3) is 0 Å². The number of hydrogen-bond donors (Lipinski definition) is 0. The fourth-order valence-electron chi connectivity index (χ4n) is 1.57. The lowest BCUT2D eigenvalue weighted by Gasteiger charge is -2.11. The van der Waals surface area contributed by atoms with E-state index < -0.39 is 0 Å². The summed E-state index contributed by atoms with van der Waals surface area (Å²) in [4.78, 5) is 11.4. The molecule has 82 valence electrons. The van der Waals surface area contributed by atoms with Crippen molar-refractivity contribution in [1.82, 2.24) is 0 Å². The third-order valence-corrected chi connectivity index (χ3v) is 2.84. The minimum Gasteiger partial charge on any atom is -0.465 e. The topological polar surface area (TPSA) is 26.3 Å². The molecule has 0 unspecified atom stereocenters. The molecule has 0 N–H and O–H groups in total. The largest absolute Gasteiger partial charge is 0.465 e. The Bertz CT molecular complexity index is 356. The van der Waals surface area contributed by atoms with E-state index in [1.54, 1.807) is 0 Å². The molecule has 0 aromatic heterocycles. The van der Waals surface area contributed by atoms with E-state index in [9.17, 15) is 4.79 Å². The summed E-state index contributed by atoms with van der Waals surface area (Å²) in [6.45, 7) is 6.29. The van der Waals surface area contributed by atoms with Gasteiger partial charge in [-0.15, -0.1) is 0 Å². The normalized spacial score (nSPS) is 12.3. The number of hydrogen-bond acceptors (Lipinski definition) is 2. The highest BCUT2D eigenvalue weighted by molar-refractivity contribution is 5.90. The lowest BCUT2D eigenvalue weighted by Crippen LogP contribution is -2.04. The molecule has 0 spiro atoms. The van der Waals surface area contributed by atoms with Crippen molar-refractivity contribution in [3.05, 3.63) is 34.9 Å². The van der Waals surface area contributed by atoms with Crippen LogP contribution in [0.15, 0.2) is 18.2 Å². The van der Waals surface area contributed by atoms with Gasteiger partial charge in [0.2, 0.25) is 0 Å². The maximum Gasteiger partial charge on any atom is 0.338 e. The number of rotatable bonds is 3. The van der Waals surface area contributed by atoms with Crippen molar-refractivity contribution in [2.24, 2.45) is 0 Å². The Morgan fingerprint density at radius 1 is 1.47 bits per heavy atom. The van der Waals surface area contributed by atoms with Gasteiger partial charge in [-0.3, -0.25) is 0 Å². The van der Waals surface area contributed by atoms with Gasteiger partial charge >= 0.3 is 5.97 Å². The summed E-state index contributed by atoms with van der Waals surface area (Å²) in [7, 11) is 1.41. The van der Waals surface area contributed by atoms with Crippen LogP contribution in [0.4, 0.5) is 0 Å². The first kappa shape index (κ1) is 11.8.